The van der Waals surface area contributed by atoms with Gasteiger partial charge in [-0.1, -0.05) is 19.1 Å². The van der Waals surface area contributed by atoms with Crippen LogP contribution < -0.4 is 5.32 Å². The third kappa shape index (κ3) is 2.62. The minimum absolute atomic E-state index is 0.911. The lowest BCUT2D eigenvalue weighted by molar-refractivity contribution is 0.612. The summed E-state index contributed by atoms with van der Waals surface area (Å²) in [7, 11) is 0. The van der Waals surface area contributed by atoms with Crippen molar-refractivity contribution in [2.45, 2.75) is 19.9 Å². The fourth-order valence-electron chi connectivity index (χ4n) is 2.27. The van der Waals surface area contributed by atoms with Crippen LogP contribution in [0.5, 0.6) is 0 Å². The molecule has 94 valence electrons. The molecule has 0 bridgehead atoms. The van der Waals surface area contributed by atoms with E-state index in [0.717, 1.165) is 30.6 Å². The first kappa shape index (κ1) is 11.5. The van der Waals surface area contributed by atoms with Gasteiger partial charge in [0, 0.05) is 18.9 Å². The van der Waals surface area contributed by atoms with Crippen LogP contribution in [0, 0.1) is 11.8 Å². The van der Waals surface area contributed by atoms with Gasteiger partial charge >= 0.3 is 0 Å². The van der Waals surface area contributed by atoms with E-state index in [1.165, 1.54) is 12.0 Å². The van der Waals surface area contributed by atoms with Crippen LogP contribution in [-0.4, -0.2) is 16.3 Å². The number of rotatable bonds is 5. The van der Waals surface area contributed by atoms with Gasteiger partial charge in [-0.2, -0.15) is 5.10 Å². The molecule has 18 heavy (non-hydrogen) atoms. The second-order valence-electron chi connectivity index (χ2n) is 5.22. The molecule has 1 fully saturated rings. The quantitative estimate of drug-likeness (QED) is 0.872. The van der Waals surface area contributed by atoms with E-state index < -0.39 is 0 Å². The van der Waals surface area contributed by atoms with Crippen molar-refractivity contribution in [2.75, 3.05) is 6.54 Å². The molecule has 0 amide bonds. The van der Waals surface area contributed by atoms with Crippen molar-refractivity contribution in [2.24, 2.45) is 11.8 Å². The van der Waals surface area contributed by atoms with Crippen LogP contribution in [0.4, 0.5) is 0 Å². The van der Waals surface area contributed by atoms with Gasteiger partial charge in [0.25, 0.3) is 0 Å². The lowest BCUT2D eigenvalue weighted by Gasteiger charge is -2.06. The molecule has 2 atom stereocenters. The van der Waals surface area contributed by atoms with E-state index in [1.807, 2.05) is 16.9 Å². The largest absolute Gasteiger partial charge is 0.312 e. The summed E-state index contributed by atoms with van der Waals surface area (Å²) in [5.74, 6) is 1.84. The zero-order valence-corrected chi connectivity index (χ0v) is 10.7. The molecule has 3 rings (SSSR count). The molecule has 3 heteroatoms. The van der Waals surface area contributed by atoms with E-state index in [1.54, 1.807) is 6.20 Å². The zero-order chi connectivity index (χ0) is 12.4. The Hall–Kier alpha value is -1.61. The van der Waals surface area contributed by atoms with E-state index in [0.29, 0.717) is 0 Å². The maximum atomic E-state index is 4.22. The van der Waals surface area contributed by atoms with E-state index in [4.69, 9.17) is 0 Å². The third-order valence-electron chi connectivity index (χ3n) is 3.72. The standard InChI is InChI=1S/C15H19N3/c1-12-9-14(12)11-16-10-13-3-5-15(6-4-13)18-8-2-7-17-18/h2-8,12,14,16H,9-11H2,1H3. The minimum atomic E-state index is 0.911. The van der Waals surface area contributed by atoms with Crippen LogP contribution in [0.1, 0.15) is 18.9 Å². The van der Waals surface area contributed by atoms with Gasteiger partial charge in [0.05, 0.1) is 5.69 Å². The first-order valence-electron chi connectivity index (χ1n) is 6.62. The molecule has 1 aromatic carbocycles. The number of hydrogen-bond donors (Lipinski definition) is 1. The SMILES string of the molecule is CC1CC1CNCc1ccc(-n2cccn2)cc1. The molecule has 3 nitrogen and oxygen atoms in total. The molecule has 1 heterocycles. The van der Waals surface area contributed by atoms with Crippen molar-refractivity contribution in [3.05, 3.63) is 48.3 Å². The maximum Gasteiger partial charge on any atom is 0.0645 e. The molecule has 0 spiro atoms. The summed E-state index contributed by atoms with van der Waals surface area (Å²) in [5, 5.41) is 7.74. The van der Waals surface area contributed by atoms with Crippen molar-refractivity contribution < 1.29 is 0 Å². The number of nitrogens with zero attached hydrogens (tertiary/aromatic N) is 2. The van der Waals surface area contributed by atoms with Gasteiger partial charge in [0.2, 0.25) is 0 Å². The van der Waals surface area contributed by atoms with Crippen LogP contribution in [-0.2, 0) is 6.54 Å². The van der Waals surface area contributed by atoms with Gasteiger partial charge in [0.15, 0.2) is 0 Å². The van der Waals surface area contributed by atoms with Gasteiger partial charge in [-0.3, -0.25) is 0 Å². The lowest BCUT2D eigenvalue weighted by Crippen LogP contribution is -2.16. The Morgan fingerprint density at radius 2 is 2.11 bits per heavy atom. The average molecular weight is 241 g/mol. The first-order valence-corrected chi connectivity index (χ1v) is 6.62. The smallest absolute Gasteiger partial charge is 0.0645 e. The van der Waals surface area contributed by atoms with Crippen molar-refractivity contribution in [3.8, 4) is 5.69 Å². The van der Waals surface area contributed by atoms with E-state index in [2.05, 4.69) is 41.6 Å². The topological polar surface area (TPSA) is 29.9 Å². The molecule has 1 saturated carbocycles. The number of aromatic nitrogens is 2. The Morgan fingerprint density at radius 1 is 1.33 bits per heavy atom. The molecule has 2 aromatic rings. The maximum absolute atomic E-state index is 4.22. The lowest BCUT2D eigenvalue weighted by atomic mass is 10.2. The Morgan fingerprint density at radius 3 is 2.72 bits per heavy atom. The van der Waals surface area contributed by atoms with Crippen LogP contribution >= 0.6 is 0 Å². The molecule has 2 unspecified atom stereocenters. The Labute approximate surface area is 108 Å². The summed E-state index contributed by atoms with van der Waals surface area (Å²) in [5.41, 5.74) is 2.44. The number of hydrogen-bond acceptors (Lipinski definition) is 2. The molecule has 0 aliphatic heterocycles. The molecular weight excluding hydrogens is 222 g/mol. The van der Waals surface area contributed by atoms with Crippen molar-refractivity contribution in [3.63, 3.8) is 0 Å². The molecule has 1 N–H and O–H groups in total. The van der Waals surface area contributed by atoms with E-state index in [9.17, 15) is 0 Å². The van der Waals surface area contributed by atoms with Crippen molar-refractivity contribution in [1.82, 2.24) is 15.1 Å². The van der Waals surface area contributed by atoms with E-state index >= 15 is 0 Å². The Kier molecular flexibility index (Phi) is 3.15. The fourth-order valence-corrected chi connectivity index (χ4v) is 2.27. The molecule has 1 aliphatic carbocycles. The summed E-state index contributed by atoms with van der Waals surface area (Å²) in [6, 6.07) is 10.5. The molecule has 1 aromatic heterocycles. The van der Waals surface area contributed by atoms with Crippen molar-refractivity contribution in [1.29, 1.82) is 0 Å². The number of nitrogens with one attached hydrogen (secondary N) is 1. The minimum Gasteiger partial charge on any atom is -0.312 e. The van der Waals surface area contributed by atoms with Crippen LogP contribution in [0.2, 0.25) is 0 Å². The zero-order valence-electron chi connectivity index (χ0n) is 10.7. The van der Waals surface area contributed by atoms with Gasteiger partial charge in [-0.05, 0) is 48.6 Å². The number of benzene rings is 1. The summed E-state index contributed by atoms with van der Waals surface area (Å²) >= 11 is 0. The molecule has 0 radical (unpaired) electrons. The summed E-state index contributed by atoms with van der Waals surface area (Å²) < 4.78 is 1.88. The van der Waals surface area contributed by atoms with Crippen LogP contribution in [0.15, 0.2) is 42.7 Å². The van der Waals surface area contributed by atoms with Crippen LogP contribution in [0.25, 0.3) is 5.69 Å². The summed E-state index contributed by atoms with van der Waals surface area (Å²) in [6.07, 6.45) is 5.15. The van der Waals surface area contributed by atoms with Gasteiger partial charge < -0.3 is 5.32 Å². The normalized spacial score (nSPS) is 22.1. The van der Waals surface area contributed by atoms with Gasteiger partial charge in [-0.15, -0.1) is 0 Å². The summed E-state index contributed by atoms with van der Waals surface area (Å²) in [4.78, 5) is 0. The van der Waals surface area contributed by atoms with E-state index in [-0.39, 0.29) is 0 Å². The highest BCUT2D eigenvalue weighted by Crippen LogP contribution is 2.36. The highest BCUT2D eigenvalue weighted by molar-refractivity contribution is 5.33. The second kappa shape index (κ2) is 4.94. The highest BCUT2D eigenvalue weighted by Gasteiger charge is 2.31. The highest BCUT2D eigenvalue weighted by atomic mass is 15.3. The first-order chi connectivity index (χ1) is 8.83. The van der Waals surface area contributed by atoms with Gasteiger partial charge in [0.1, 0.15) is 0 Å². The molecule has 0 saturated heterocycles. The summed E-state index contributed by atoms with van der Waals surface area (Å²) in [6.45, 7) is 4.44. The second-order valence-corrected chi connectivity index (χ2v) is 5.22. The molecular formula is C15H19N3. The predicted molar refractivity (Wildman–Crippen MR) is 72.5 cm³/mol. The predicted octanol–water partition coefficient (Wildman–Crippen LogP) is 2.62. The average Bonchev–Trinajstić information content (AvgIpc) is 2.90. The van der Waals surface area contributed by atoms with Crippen LogP contribution in [0.3, 0.4) is 0 Å². The third-order valence-corrected chi connectivity index (χ3v) is 3.72. The van der Waals surface area contributed by atoms with Crippen molar-refractivity contribution >= 4 is 0 Å². The van der Waals surface area contributed by atoms with Gasteiger partial charge in [-0.25, -0.2) is 4.68 Å². The Bertz CT molecular complexity index is 487. The Balaban J connectivity index is 1.54. The monoisotopic (exact) mass is 241 g/mol. The fraction of sp³-hybridized carbons (Fsp3) is 0.400. The molecule has 1 aliphatic rings.